The van der Waals surface area contributed by atoms with Crippen molar-refractivity contribution in [2.75, 3.05) is 19.8 Å². The monoisotopic (exact) mass is 201 g/mol. The lowest BCUT2D eigenvalue weighted by molar-refractivity contribution is 0.188. The summed E-state index contributed by atoms with van der Waals surface area (Å²) in [6, 6.07) is 0. The van der Waals surface area contributed by atoms with Crippen molar-refractivity contribution < 1.29 is 22.3 Å². The smallest absolute Gasteiger partial charge is 0.394 e. The summed E-state index contributed by atoms with van der Waals surface area (Å²) < 4.78 is 30.7. The Hall–Kier alpha value is -0.210. The van der Waals surface area contributed by atoms with Gasteiger partial charge in [0, 0.05) is 0 Å². The summed E-state index contributed by atoms with van der Waals surface area (Å²) in [5.41, 5.74) is 5.03. The van der Waals surface area contributed by atoms with E-state index in [1.165, 1.54) is 0 Å². The maximum atomic E-state index is 9.61. The lowest BCUT2D eigenvalue weighted by atomic mass is 10.5. The Balaban J connectivity index is 0. The van der Waals surface area contributed by atoms with Crippen LogP contribution in [0.5, 0.6) is 0 Å². The molecule has 0 bridgehead atoms. The highest BCUT2D eigenvalue weighted by molar-refractivity contribution is 7.80. The van der Waals surface area contributed by atoms with Crippen molar-refractivity contribution in [2.24, 2.45) is 5.73 Å². The molecule has 0 rings (SSSR count). The molecule has 0 fully saturated rings. The van der Waals surface area contributed by atoms with Crippen molar-refractivity contribution in [3.8, 4) is 0 Å². The fraction of sp³-hybridized carbons (Fsp3) is 1.00. The quantitative estimate of drug-likeness (QED) is 0.511. The van der Waals surface area contributed by atoms with Gasteiger partial charge in [0.15, 0.2) is 0 Å². The van der Waals surface area contributed by atoms with Gasteiger partial charge < -0.3 is 10.8 Å². The molecule has 0 aromatic carbocycles. The van der Waals surface area contributed by atoms with Crippen LogP contribution in [0.15, 0.2) is 0 Å². The van der Waals surface area contributed by atoms with Crippen LogP contribution in [0.3, 0.4) is 0 Å². The van der Waals surface area contributed by atoms with Crippen LogP contribution in [0.25, 0.3) is 0 Å². The van der Waals surface area contributed by atoms with E-state index in [1.807, 2.05) is 0 Å². The third-order valence-corrected chi connectivity index (χ3v) is 1.08. The van der Waals surface area contributed by atoms with Gasteiger partial charge in [0.1, 0.15) is 0 Å². The van der Waals surface area contributed by atoms with Crippen LogP contribution in [-0.2, 0) is 14.6 Å². The molecule has 0 amide bonds. The van der Waals surface area contributed by atoms with Crippen molar-refractivity contribution in [1.29, 1.82) is 0 Å². The standard InChI is InChI=1S/C3H9N.C2H6O5S/c1-2-3-4;3-1-2-7-8(4,5)6/h2-4H2,1H3;3H,1-2H2,(H,4,5,6). The van der Waals surface area contributed by atoms with Gasteiger partial charge in [-0.3, -0.25) is 4.55 Å². The molecule has 0 spiro atoms. The van der Waals surface area contributed by atoms with Gasteiger partial charge in [-0.2, -0.15) is 8.42 Å². The lowest BCUT2D eigenvalue weighted by Gasteiger charge is -1.92. The fourth-order valence-electron chi connectivity index (χ4n) is 0.143. The van der Waals surface area contributed by atoms with E-state index >= 15 is 0 Å². The predicted octanol–water partition coefficient (Wildman–Crippen LogP) is -0.847. The van der Waals surface area contributed by atoms with E-state index in [9.17, 15) is 8.42 Å². The van der Waals surface area contributed by atoms with Crippen LogP contribution in [-0.4, -0.2) is 37.8 Å². The molecule has 76 valence electrons. The number of aliphatic hydroxyl groups excluding tert-OH is 1. The SMILES string of the molecule is CCCN.O=S(=O)(O)OCCO. The summed E-state index contributed by atoms with van der Waals surface area (Å²) in [6.45, 7) is 2.04. The Kier molecular flexibility index (Phi) is 10.6. The largest absolute Gasteiger partial charge is 0.397 e. The van der Waals surface area contributed by atoms with Crippen molar-refractivity contribution in [1.82, 2.24) is 0 Å². The number of hydrogen-bond donors (Lipinski definition) is 3. The van der Waals surface area contributed by atoms with Crippen molar-refractivity contribution in [2.45, 2.75) is 13.3 Å². The third kappa shape index (κ3) is 22.6. The first-order chi connectivity index (χ1) is 5.47. The van der Waals surface area contributed by atoms with E-state index in [1.54, 1.807) is 0 Å². The number of aliphatic hydroxyl groups is 1. The van der Waals surface area contributed by atoms with Crippen molar-refractivity contribution >= 4 is 10.4 Å². The van der Waals surface area contributed by atoms with E-state index in [2.05, 4.69) is 11.1 Å². The maximum absolute atomic E-state index is 9.61. The molecule has 0 aliphatic heterocycles. The van der Waals surface area contributed by atoms with Crippen molar-refractivity contribution in [3.63, 3.8) is 0 Å². The van der Waals surface area contributed by atoms with Crippen LogP contribution in [0.2, 0.25) is 0 Å². The number of hydrogen-bond acceptors (Lipinski definition) is 5. The van der Waals surface area contributed by atoms with Gasteiger partial charge in [0.05, 0.1) is 13.2 Å². The first kappa shape index (κ1) is 14.3. The number of nitrogens with two attached hydrogens (primary N) is 1. The lowest BCUT2D eigenvalue weighted by Crippen LogP contribution is -2.06. The van der Waals surface area contributed by atoms with E-state index in [4.69, 9.17) is 15.4 Å². The predicted molar refractivity (Wildman–Crippen MR) is 43.9 cm³/mol. The van der Waals surface area contributed by atoms with E-state index in [-0.39, 0.29) is 0 Å². The maximum Gasteiger partial charge on any atom is 0.397 e. The van der Waals surface area contributed by atoms with Gasteiger partial charge >= 0.3 is 10.4 Å². The Morgan fingerprint density at radius 3 is 2.00 bits per heavy atom. The molecule has 0 aliphatic carbocycles. The van der Waals surface area contributed by atoms with Crippen molar-refractivity contribution in [3.05, 3.63) is 0 Å². The average Bonchev–Trinajstić information content (AvgIpc) is 2.00. The molecule has 0 unspecified atom stereocenters. The fourth-order valence-corrected chi connectivity index (χ4v) is 0.428. The molecule has 6 nitrogen and oxygen atoms in total. The Morgan fingerprint density at radius 1 is 1.50 bits per heavy atom. The van der Waals surface area contributed by atoms with Gasteiger partial charge in [0.25, 0.3) is 0 Å². The molecule has 0 radical (unpaired) electrons. The molecular weight excluding hydrogens is 186 g/mol. The van der Waals surface area contributed by atoms with Crippen LogP contribution in [0, 0.1) is 0 Å². The molecule has 0 aromatic rings. The molecule has 0 aliphatic rings. The van der Waals surface area contributed by atoms with Crippen LogP contribution < -0.4 is 5.73 Å². The first-order valence-corrected chi connectivity index (χ1v) is 4.77. The second kappa shape index (κ2) is 8.88. The van der Waals surface area contributed by atoms with E-state index in [0.717, 1.165) is 13.0 Å². The molecule has 0 heterocycles. The molecule has 12 heavy (non-hydrogen) atoms. The van der Waals surface area contributed by atoms with Crippen LogP contribution >= 0.6 is 0 Å². The molecule has 0 saturated heterocycles. The molecule has 0 atom stereocenters. The van der Waals surface area contributed by atoms with Gasteiger partial charge in [-0.05, 0) is 13.0 Å². The minimum absolute atomic E-state index is 0.404. The normalized spacial score (nSPS) is 10.3. The zero-order chi connectivity index (χ0) is 10.0. The van der Waals surface area contributed by atoms with Crippen LogP contribution in [0.4, 0.5) is 0 Å². The van der Waals surface area contributed by atoms with Gasteiger partial charge in [-0.25, -0.2) is 4.18 Å². The Bertz CT molecular complexity index is 165. The van der Waals surface area contributed by atoms with E-state index in [0.29, 0.717) is 0 Å². The second-order valence-corrected chi connectivity index (χ2v) is 2.85. The zero-order valence-corrected chi connectivity index (χ0v) is 7.75. The summed E-state index contributed by atoms with van der Waals surface area (Å²) in [5.74, 6) is 0. The summed E-state index contributed by atoms with van der Waals surface area (Å²) in [7, 11) is -4.35. The topological polar surface area (TPSA) is 110 Å². The number of rotatable bonds is 4. The van der Waals surface area contributed by atoms with Crippen LogP contribution in [0.1, 0.15) is 13.3 Å². The molecule has 4 N–H and O–H groups in total. The minimum Gasteiger partial charge on any atom is -0.394 e. The first-order valence-electron chi connectivity index (χ1n) is 3.40. The van der Waals surface area contributed by atoms with Gasteiger partial charge in [0.2, 0.25) is 0 Å². The van der Waals surface area contributed by atoms with Gasteiger partial charge in [-0.15, -0.1) is 0 Å². The molecule has 0 aromatic heterocycles. The molecule has 0 saturated carbocycles. The second-order valence-electron chi connectivity index (χ2n) is 1.76. The Labute approximate surface area is 72.3 Å². The highest BCUT2D eigenvalue weighted by Gasteiger charge is 2.00. The summed E-state index contributed by atoms with van der Waals surface area (Å²) in [6.07, 6.45) is 1.10. The zero-order valence-electron chi connectivity index (χ0n) is 6.93. The van der Waals surface area contributed by atoms with Gasteiger partial charge in [-0.1, -0.05) is 6.92 Å². The summed E-state index contributed by atoms with van der Waals surface area (Å²) >= 11 is 0. The summed E-state index contributed by atoms with van der Waals surface area (Å²) in [5, 5.41) is 7.93. The summed E-state index contributed by atoms with van der Waals surface area (Å²) in [4.78, 5) is 0. The Morgan fingerprint density at radius 2 is 1.92 bits per heavy atom. The third-order valence-electron chi connectivity index (χ3n) is 0.612. The van der Waals surface area contributed by atoms with E-state index < -0.39 is 23.6 Å². The highest BCUT2D eigenvalue weighted by atomic mass is 32.3. The minimum atomic E-state index is -4.35. The molecule has 7 heteroatoms. The highest BCUT2D eigenvalue weighted by Crippen LogP contribution is 1.81. The molecular formula is C5H15NO5S. The average molecular weight is 201 g/mol.